The first kappa shape index (κ1) is 14.7. The molecule has 1 N–H and O–H groups in total. The van der Waals surface area contributed by atoms with Gasteiger partial charge in [0.2, 0.25) is 0 Å². The number of nitrogens with one attached hydrogen (secondary N) is 1. The van der Waals surface area contributed by atoms with Gasteiger partial charge in [0.15, 0.2) is 6.29 Å². The van der Waals surface area contributed by atoms with Crippen molar-refractivity contribution in [3.63, 3.8) is 0 Å². The first-order valence-electron chi connectivity index (χ1n) is 6.09. The number of nitrogens with zero attached hydrogens (tertiary/aromatic N) is 1. The summed E-state index contributed by atoms with van der Waals surface area (Å²) < 4.78 is 5.27. The van der Waals surface area contributed by atoms with E-state index >= 15 is 0 Å². The topological polar surface area (TPSA) is 90.7 Å². The maximum absolute atomic E-state index is 11.9. The molecular formula is C12H13ClN2O5. The Balaban J connectivity index is 2.03. The molecule has 108 valence electrons. The lowest BCUT2D eigenvalue weighted by molar-refractivity contribution is -0.385. The van der Waals surface area contributed by atoms with E-state index in [1.807, 2.05) is 0 Å². The minimum atomic E-state index is -0.706. The van der Waals surface area contributed by atoms with E-state index in [1.165, 1.54) is 12.1 Å². The Morgan fingerprint density at radius 2 is 2.30 bits per heavy atom. The predicted molar refractivity (Wildman–Crippen MR) is 70.2 cm³/mol. The van der Waals surface area contributed by atoms with Crippen LogP contribution in [0.1, 0.15) is 29.6 Å². The third-order valence-corrected chi connectivity index (χ3v) is 3.06. The maximum Gasteiger partial charge on any atom is 0.283 e. The molecular weight excluding hydrogens is 288 g/mol. The molecule has 0 aromatic heterocycles. The molecule has 20 heavy (non-hydrogen) atoms. The first-order chi connectivity index (χ1) is 9.58. The van der Waals surface area contributed by atoms with Crippen LogP contribution < -0.4 is 5.48 Å². The van der Waals surface area contributed by atoms with Crippen LogP contribution in [0, 0.1) is 10.1 Å². The molecule has 1 saturated heterocycles. The van der Waals surface area contributed by atoms with Crippen LogP contribution >= 0.6 is 11.6 Å². The van der Waals surface area contributed by atoms with E-state index in [0.29, 0.717) is 13.0 Å². The zero-order chi connectivity index (χ0) is 14.5. The summed E-state index contributed by atoms with van der Waals surface area (Å²) in [5.74, 6) is -0.706. The number of nitro groups is 1. The number of hydrogen-bond acceptors (Lipinski definition) is 5. The van der Waals surface area contributed by atoms with Crippen molar-refractivity contribution in [2.75, 3.05) is 6.61 Å². The SMILES string of the molecule is O=C(NO[C@@H]1CCCCO1)c1ccc(Cl)cc1[N+](=O)[O-]. The van der Waals surface area contributed by atoms with Crippen LogP contribution in [-0.2, 0) is 9.57 Å². The van der Waals surface area contributed by atoms with Gasteiger partial charge in [0.1, 0.15) is 5.56 Å². The third-order valence-electron chi connectivity index (χ3n) is 2.82. The Bertz CT molecular complexity index is 517. The average Bonchev–Trinajstić information content (AvgIpc) is 2.45. The van der Waals surface area contributed by atoms with Gasteiger partial charge in [0, 0.05) is 24.1 Å². The summed E-state index contributed by atoms with van der Waals surface area (Å²) in [4.78, 5) is 27.2. The molecule has 1 aromatic carbocycles. The minimum Gasteiger partial charge on any atom is -0.350 e. The van der Waals surface area contributed by atoms with Crippen molar-refractivity contribution in [3.05, 3.63) is 38.9 Å². The summed E-state index contributed by atoms with van der Waals surface area (Å²) in [7, 11) is 0. The molecule has 1 amide bonds. The summed E-state index contributed by atoms with van der Waals surface area (Å²) in [5, 5.41) is 11.1. The summed E-state index contributed by atoms with van der Waals surface area (Å²) >= 11 is 5.68. The van der Waals surface area contributed by atoms with Crippen LogP contribution in [0.3, 0.4) is 0 Å². The summed E-state index contributed by atoms with van der Waals surface area (Å²) in [5.41, 5.74) is 1.68. The van der Waals surface area contributed by atoms with Crippen LogP contribution in [0.25, 0.3) is 0 Å². The van der Waals surface area contributed by atoms with Crippen LogP contribution in [-0.4, -0.2) is 23.7 Å². The quantitative estimate of drug-likeness (QED) is 0.681. The second-order valence-corrected chi connectivity index (χ2v) is 4.70. The fraction of sp³-hybridized carbons (Fsp3) is 0.417. The Hall–Kier alpha value is -1.70. The van der Waals surface area contributed by atoms with E-state index < -0.39 is 17.1 Å². The molecule has 1 aliphatic heterocycles. The molecule has 2 rings (SSSR count). The van der Waals surface area contributed by atoms with Gasteiger partial charge in [-0.1, -0.05) is 11.6 Å². The lowest BCUT2D eigenvalue weighted by Crippen LogP contribution is -2.33. The minimum absolute atomic E-state index is 0.116. The monoisotopic (exact) mass is 300 g/mol. The summed E-state index contributed by atoms with van der Waals surface area (Å²) in [6.07, 6.45) is 2.06. The molecule has 8 heteroatoms. The number of rotatable bonds is 4. The number of nitro benzene ring substituents is 1. The van der Waals surface area contributed by atoms with Crippen molar-refractivity contribution in [3.8, 4) is 0 Å². The molecule has 1 aliphatic rings. The van der Waals surface area contributed by atoms with E-state index in [4.69, 9.17) is 21.2 Å². The second-order valence-electron chi connectivity index (χ2n) is 4.26. The molecule has 1 fully saturated rings. The number of carbonyl (C=O) groups excluding carboxylic acids is 1. The van der Waals surface area contributed by atoms with E-state index in [-0.39, 0.29) is 16.3 Å². The molecule has 0 aliphatic carbocycles. The van der Waals surface area contributed by atoms with Gasteiger partial charge in [-0.2, -0.15) is 0 Å². The van der Waals surface area contributed by atoms with Gasteiger partial charge >= 0.3 is 0 Å². The van der Waals surface area contributed by atoms with E-state index in [0.717, 1.165) is 18.9 Å². The largest absolute Gasteiger partial charge is 0.350 e. The van der Waals surface area contributed by atoms with Crippen LogP contribution in [0.15, 0.2) is 18.2 Å². The van der Waals surface area contributed by atoms with Gasteiger partial charge in [-0.3, -0.25) is 14.9 Å². The fourth-order valence-corrected chi connectivity index (χ4v) is 1.99. The molecule has 0 bridgehead atoms. The van der Waals surface area contributed by atoms with Gasteiger partial charge in [-0.25, -0.2) is 10.3 Å². The van der Waals surface area contributed by atoms with E-state index in [2.05, 4.69) is 5.48 Å². The van der Waals surface area contributed by atoms with Crippen molar-refractivity contribution in [1.82, 2.24) is 5.48 Å². The molecule has 0 saturated carbocycles. The van der Waals surface area contributed by atoms with E-state index in [1.54, 1.807) is 0 Å². The molecule has 0 unspecified atom stereocenters. The van der Waals surface area contributed by atoms with Gasteiger partial charge in [0.05, 0.1) is 4.92 Å². The molecule has 1 heterocycles. The fourth-order valence-electron chi connectivity index (χ4n) is 1.83. The lowest BCUT2D eigenvalue weighted by Gasteiger charge is -2.22. The number of carbonyl (C=O) groups is 1. The Kier molecular flexibility index (Phi) is 4.89. The number of ether oxygens (including phenoxy) is 1. The standard InChI is InChI=1S/C12H13ClN2O5/c13-8-4-5-9(10(7-8)15(17)18)12(16)14-20-11-3-1-2-6-19-11/h4-5,7,11H,1-3,6H2,(H,14,16)/t11-/m1/s1. The van der Waals surface area contributed by atoms with Crippen LogP contribution in [0.2, 0.25) is 5.02 Å². The number of halogens is 1. The summed E-state index contributed by atoms with van der Waals surface area (Å²) in [6.45, 7) is 0.571. The lowest BCUT2D eigenvalue weighted by atomic mass is 10.2. The summed E-state index contributed by atoms with van der Waals surface area (Å²) in [6, 6.07) is 3.80. The van der Waals surface area contributed by atoms with Crippen molar-refractivity contribution in [2.45, 2.75) is 25.6 Å². The zero-order valence-electron chi connectivity index (χ0n) is 10.5. The van der Waals surface area contributed by atoms with Gasteiger partial charge < -0.3 is 4.74 Å². The van der Waals surface area contributed by atoms with Crippen molar-refractivity contribution in [2.24, 2.45) is 0 Å². The van der Waals surface area contributed by atoms with E-state index in [9.17, 15) is 14.9 Å². The second kappa shape index (κ2) is 6.65. The highest BCUT2D eigenvalue weighted by Gasteiger charge is 2.22. The van der Waals surface area contributed by atoms with Crippen molar-refractivity contribution >= 4 is 23.2 Å². The Labute approximate surface area is 119 Å². The predicted octanol–water partition coefficient (Wildman–Crippen LogP) is 2.44. The Morgan fingerprint density at radius 1 is 1.50 bits per heavy atom. The molecule has 1 atom stereocenters. The average molecular weight is 301 g/mol. The van der Waals surface area contributed by atoms with Gasteiger partial charge in [-0.15, -0.1) is 0 Å². The van der Waals surface area contributed by atoms with Crippen LogP contribution in [0.4, 0.5) is 5.69 Å². The molecule has 1 aromatic rings. The molecule has 0 radical (unpaired) electrons. The van der Waals surface area contributed by atoms with Crippen molar-refractivity contribution < 1.29 is 19.3 Å². The van der Waals surface area contributed by atoms with Gasteiger partial charge in [0.25, 0.3) is 11.6 Å². The third kappa shape index (κ3) is 3.66. The van der Waals surface area contributed by atoms with Crippen LogP contribution in [0.5, 0.6) is 0 Å². The zero-order valence-corrected chi connectivity index (χ0v) is 11.3. The number of hydroxylamine groups is 1. The highest BCUT2D eigenvalue weighted by molar-refractivity contribution is 6.31. The number of benzene rings is 1. The molecule has 7 nitrogen and oxygen atoms in total. The number of amides is 1. The highest BCUT2D eigenvalue weighted by atomic mass is 35.5. The van der Waals surface area contributed by atoms with Gasteiger partial charge in [-0.05, 0) is 25.0 Å². The smallest absolute Gasteiger partial charge is 0.283 e. The van der Waals surface area contributed by atoms with Crippen molar-refractivity contribution in [1.29, 1.82) is 0 Å². The Morgan fingerprint density at radius 3 is 2.95 bits per heavy atom. The normalized spacial score (nSPS) is 18.6. The number of hydrogen-bond donors (Lipinski definition) is 1. The highest BCUT2D eigenvalue weighted by Crippen LogP contribution is 2.23. The maximum atomic E-state index is 11.9. The first-order valence-corrected chi connectivity index (χ1v) is 6.47. The molecule has 0 spiro atoms.